The monoisotopic (exact) mass is 609 g/mol. The van der Waals surface area contributed by atoms with Crippen molar-refractivity contribution in [3.8, 4) is 11.5 Å². The van der Waals surface area contributed by atoms with Gasteiger partial charge < -0.3 is 19.5 Å². The molecule has 45 heavy (non-hydrogen) atoms. The van der Waals surface area contributed by atoms with Crippen LogP contribution in [0.4, 0.5) is 4.79 Å². The molecule has 1 aliphatic heterocycles. The van der Waals surface area contributed by atoms with Gasteiger partial charge in [0.2, 0.25) is 0 Å². The summed E-state index contributed by atoms with van der Waals surface area (Å²) in [6, 6.07) is 26.6. The zero-order valence-corrected chi connectivity index (χ0v) is 24.9. The first-order valence-electron chi connectivity index (χ1n) is 14.2. The highest BCUT2D eigenvalue weighted by Gasteiger charge is 2.51. The Labute approximate surface area is 259 Å². The molecule has 1 N–H and O–H groups in total. The summed E-state index contributed by atoms with van der Waals surface area (Å²) < 4.78 is 16.0. The van der Waals surface area contributed by atoms with Crippen molar-refractivity contribution in [1.29, 1.82) is 0 Å². The van der Waals surface area contributed by atoms with Crippen LogP contribution in [0.25, 0.3) is 0 Å². The van der Waals surface area contributed by atoms with Gasteiger partial charge in [-0.25, -0.2) is 19.3 Å². The van der Waals surface area contributed by atoms with E-state index in [9.17, 15) is 19.2 Å². The number of alkyl carbamates (subject to hydrolysis) is 1. The van der Waals surface area contributed by atoms with E-state index in [1.54, 1.807) is 57.4 Å². The summed E-state index contributed by atoms with van der Waals surface area (Å²) in [5, 5.41) is 2.67. The van der Waals surface area contributed by atoms with Gasteiger partial charge in [-0.15, -0.1) is 0 Å². The molecule has 230 valence electrons. The van der Waals surface area contributed by atoms with Gasteiger partial charge in [0, 0.05) is 16.7 Å². The maximum absolute atomic E-state index is 13.9. The summed E-state index contributed by atoms with van der Waals surface area (Å²) in [6.45, 7) is 3.44. The van der Waals surface area contributed by atoms with Gasteiger partial charge in [0.15, 0.2) is 17.1 Å². The average Bonchev–Trinajstić information content (AvgIpc) is 3.17. The van der Waals surface area contributed by atoms with Crippen molar-refractivity contribution in [2.24, 2.45) is 5.92 Å². The standard InChI is InChI=1S/C35H31NO9/c1-22(2)35(36-34(40)43-21-23-7-5-4-6-8-23)30-19-28(44-45-33(35)39)17-18-29(30)31(37)25-11-13-26(14-12-25)32(38)42-20-24-9-15-27(41-3)16-10-24/h4-19,22H,20-21H2,1-3H3,(H,36,40)/t35-/m1/s1. The fourth-order valence-electron chi connectivity index (χ4n) is 4.96. The van der Waals surface area contributed by atoms with Crippen LogP contribution in [0.15, 0.2) is 97.1 Å². The number of fused-ring (bicyclic) bond motifs is 2. The van der Waals surface area contributed by atoms with E-state index in [-0.39, 0.29) is 41.2 Å². The van der Waals surface area contributed by atoms with E-state index in [1.165, 1.54) is 42.5 Å². The molecule has 1 amide bonds. The fraction of sp³-hybridized carbons (Fsp3) is 0.200. The number of rotatable bonds is 10. The van der Waals surface area contributed by atoms with Crippen LogP contribution in [0.3, 0.4) is 0 Å². The Balaban J connectivity index is 1.37. The molecular formula is C35H31NO9. The number of carbonyl (C=O) groups excluding carboxylic acids is 4. The smallest absolute Gasteiger partial charge is 0.408 e. The Hall–Kier alpha value is -5.64. The topological polar surface area (TPSA) is 126 Å². The zero-order valence-electron chi connectivity index (χ0n) is 24.9. The number of methoxy groups -OCH3 is 1. The lowest BCUT2D eigenvalue weighted by Crippen LogP contribution is -2.56. The zero-order chi connectivity index (χ0) is 32.0. The summed E-state index contributed by atoms with van der Waals surface area (Å²) in [7, 11) is 1.57. The van der Waals surface area contributed by atoms with Gasteiger partial charge in [-0.05, 0) is 59.5 Å². The number of amides is 1. The van der Waals surface area contributed by atoms with Crippen LogP contribution in [-0.2, 0) is 37.9 Å². The molecule has 1 atom stereocenters. The highest BCUT2D eigenvalue weighted by Crippen LogP contribution is 2.39. The number of hydrogen-bond donors (Lipinski definition) is 1. The van der Waals surface area contributed by atoms with Crippen LogP contribution in [0, 0.1) is 5.92 Å². The third-order valence-electron chi connectivity index (χ3n) is 7.49. The van der Waals surface area contributed by atoms with E-state index < -0.39 is 35.3 Å². The first-order chi connectivity index (χ1) is 21.7. The molecule has 0 aromatic heterocycles. The van der Waals surface area contributed by atoms with Gasteiger partial charge in [0.1, 0.15) is 19.0 Å². The molecule has 0 fully saturated rings. The maximum Gasteiger partial charge on any atom is 0.408 e. The molecule has 0 saturated carbocycles. The number of hydrogen-bond acceptors (Lipinski definition) is 9. The number of ether oxygens (including phenoxy) is 3. The third-order valence-corrected chi connectivity index (χ3v) is 7.49. The van der Waals surface area contributed by atoms with E-state index in [0.717, 1.165) is 11.1 Å². The molecule has 4 aromatic carbocycles. The van der Waals surface area contributed by atoms with Crippen LogP contribution in [-0.4, -0.2) is 30.9 Å². The summed E-state index contributed by atoms with van der Waals surface area (Å²) in [6.07, 6.45) is -0.882. The van der Waals surface area contributed by atoms with Gasteiger partial charge in [-0.3, -0.25) is 9.68 Å². The molecule has 4 aromatic rings. The van der Waals surface area contributed by atoms with Crippen LogP contribution in [0.1, 0.15) is 56.8 Å². The van der Waals surface area contributed by atoms with E-state index >= 15 is 0 Å². The summed E-state index contributed by atoms with van der Waals surface area (Å²) in [5.41, 5.74) is 0.534. The maximum atomic E-state index is 13.9. The number of carbonyl (C=O) groups is 4. The highest BCUT2D eigenvalue weighted by molar-refractivity contribution is 6.11. The minimum atomic E-state index is -1.82. The van der Waals surface area contributed by atoms with Crippen molar-refractivity contribution < 1.29 is 43.2 Å². The number of nitrogens with one attached hydrogen (secondary N) is 1. The SMILES string of the molecule is COc1ccc(COC(=O)c2ccc(C(=O)c3ccc4cc3[C@](NC(=O)OCc3ccccc3)(C(C)C)C(=O)OO4)cc2)cc1. The van der Waals surface area contributed by atoms with Gasteiger partial charge >= 0.3 is 18.0 Å². The van der Waals surface area contributed by atoms with E-state index in [1.807, 2.05) is 18.2 Å². The van der Waals surface area contributed by atoms with E-state index in [0.29, 0.717) is 5.75 Å². The average molecular weight is 610 g/mol. The largest absolute Gasteiger partial charge is 0.497 e. The first-order valence-corrected chi connectivity index (χ1v) is 14.2. The van der Waals surface area contributed by atoms with Crippen molar-refractivity contribution >= 4 is 23.8 Å². The second-order valence-electron chi connectivity index (χ2n) is 10.6. The Morgan fingerprint density at radius 3 is 2.09 bits per heavy atom. The number of esters is 1. The molecule has 2 bridgehead atoms. The van der Waals surface area contributed by atoms with Crippen molar-refractivity contribution in [2.45, 2.75) is 32.6 Å². The number of ketones is 1. The van der Waals surface area contributed by atoms with E-state index in [4.69, 9.17) is 24.0 Å². The van der Waals surface area contributed by atoms with Crippen LogP contribution < -0.4 is 14.9 Å². The molecule has 10 heteroatoms. The van der Waals surface area contributed by atoms with Gasteiger partial charge in [0.25, 0.3) is 0 Å². The molecule has 1 aliphatic rings. The summed E-state index contributed by atoms with van der Waals surface area (Å²) in [4.78, 5) is 63.3. The second-order valence-corrected chi connectivity index (χ2v) is 10.6. The van der Waals surface area contributed by atoms with Crippen molar-refractivity contribution in [1.82, 2.24) is 5.32 Å². The Kier molecular flexibility index (Phi) is 9.13. The van der Waals surface area contributed by atoms with Gasteiger partial charge in [0.05, 0.1) is 12.7 Å². The molecule has 0 aliphatic carbocycles. The van der Waals surface area contributed by atoms with E-state index in [2.05, 4.69) is 5.32 Å². The molecule has 0 radical (unpaired) electrons. The molecule has 5 rings (SSSR count). The molecule has 0 unspecified atom stereocenters. The van der Waals surface area contributed by atoms with Gasteiger partial charge in [-0.2, -0.15) is 0 Å². The quantitative estimate of drug-likeness (QED) is 0.133. The normalized spacial score (nSPS) is 15.2. The molecule has 10 nitrogen and oxygen atoms in total. The second kappa shape index (κ2) is 13.3. The van der Waals surface area contributed by atoms with Crippen LogP contribution in [0.5, 0.6) is 11.5 Å². The van der Waals surface area contributed by atoms with Crippen LogP contribution >= 0.6 is 0 Å². The molecule has 0 spiro atoms. The minimum Gasteiger partial charge on any atom is -0.497 e. The summed E-state index contributed by atoms with van der Waals surface area (Å²) >= 11 is 0. The Bertz CT molecular complexity index is 1700. The van der Waals surface area contributed by atoms with Crippen molar-refractivity contribution in [3.63, 3.8) is 0 Å². The Morgan fingerprint density at radius 1 is 0.778 bits per heavy atom. The van der Waals surface area contributed by atoms with Crippen molar-refractivity contribution in [2.75, 3.05) is 7.11 Å². The summed E-state index contributed by atoms with van der Waals surface area (Å²) in [5.74, 6) is -1.66. The predicted molar refractivity (Wildman–Crippen MR) is 161 cm³/mol. The lowest BCUT2D eigenvalue weighted by Gasteiger charge is -2.34. The molecule has 1 heterocycles. The van der Waals surface area contributed by atoms with Crippen molar-refractivity contribution in [3.05, 3.63) is 130 Å². The van der Waals surface area contributed by atoms with Crippen LogP contribution in [0.2, 0.25) is 0 Å². The number of benzene rings is 4. The molecule has 0 saturated heterocycles. The highest BCUT2D eigenvalue weighted by atomic mass is 17.2. The fourth-order valence-corrected chi connectivity index (χ4v) is 4.96. The Morgan fingerprint density at radius 2 is 1.42 bits per heavy atom. The van der Waals surface area contributed by atoms with Gasteiger partial charge in [-0.1, -0.05) is 68.4 Å². The molecular weight excluding hydrogens is 578 g/mol. The third kappa shape index (κ3) is 6.65. The lowest BCUT2D eigenvalue weighted by molar-refractivity contribution is -0.222. The first kappa shape index (κ1) is 30.8. The lowest BCUT2D eigenvalue weighted by atomic mass is 9.76. The predicted octanol–water partition coefficient (Wildman–Crippen LogP) is 5.91. The minimum absolute atomic E-state index is 0.0346.